The number of nitrogens with two attached hydrogens (primary N) is 1. The maximum absolute atomic E-state index is 5.72. The molecule has 0 saturated carbocycles. The zero-order valence-corrected chi connectivity index (χ0v) is 8.52. The van der Waals surface area contributed by atoms with E-state index < -0.39 is 0 Å². The van der Waals surface area contributed by atoms with Gasteiger partial charge < -0.3 is 5.73 Å². The lowest BCUT2D eigenvalue weighted by Gasteiger charge is -2.31. The van der Waals surface area contributed by atoms with Crippen molar-refractivity contribution < 1.29 is 0 Å². The maximum Gasteiger partial charge on any atom is 0.136 e. The molecule has 1 aliphatic rings. The van der Waals surface area contributed by atoms with E-state index in [0.29, 0.717) is 6.54 Å². The van der Waals surface area contributed by atoms with Crippen LogP contribution < -0.4 is 5.73 Å². The van der Waals surface area contributed by atoms with Crippen molar-refractivity contribution in [3.05, 3.63) is 12.7 Å². The van der Waals surface area contributed by atoms with Crippen LogP contribution in [-0.2, 0) is 0 Å². The standard InChI is InChI=1S/C9H15N3S/c1-2-5-12-6-3-4-9(12,7-10)11-8-13/h2H,1,3-7,10H2. The third-order valence-corrected chi connectivity index (χ3v) is 2.62. The molecular formula is C9H15N3S. The van der Waals surface area contributed by atoms with Gasteiger partial charge in [-0.1, -0.05) is 6.08 Å². The number of thiocarbonyl (C=S) groups is 1. The molecule has 0 bridgehead atoms. The van der Waals surface area contributed by atoms with Gasteiger partial charge in [-0.05, 0) is 25.1 Å². The molecular weight excluding hydrogens is 182 g/mol. The van der Waals surface area contributed by atoms with E-state index in [1.54, 1.807) is 0 Å². The van der Waals surface area contributed by atoms with Crippen LogP contribution in [-0.4, -0.2) is 35.4 Å². The minimum absolute atomic E-state index is 0.296. The normalized spacial score (nSPS) is 28.4. The summed E-state index contributed by atoms with van der Waals surface area (Å²) in [6, 6.07) is 0. The molecule has 4 heteroatoms. The highest BCUT2D eigenvalue weighted by Crippen LogP contribution is 2.28. The second-order valence-electron chi connectivity index (χ2n) is 3.23. The second kappa shape index (κ2) is 4.63. The Balaban J connectivity index is 2.82. The number of rotatable bonds is 4. The first-order chi connectivity index (χ1) is 6.29. The van der Waals surface area contributed by atoms with Crippen molar-refractivity contribution in [3.63, 3.8) is 0 Å². The van der Waals surface area contributed by atoms with Gasteiger partial charge in [0, 0.05) is 19.6 Å². The maximum atomic E-state index is 5.72. The van der Waals surface area contributed by atoms with Gasteiger partial charge in [0.2, 0.25) is 0 Å². The predicted molar refractivity (Wildman–Crippen MR) is 57.8 cm³/mol. The SMILES string of the molecule is C=CCN1CCCC1(CN)N=C=S. The molecule has 0 aromatic carbocycles. The van der Waals surface area contributed by atoms with Gasteiger partial charge in [0.15, 0.2) is 0 Å². The Morgan fingerprint density at radius 2 is 2.54 bits per heavy atom. The Morgan fingerprint density at radius 3 is 3.08 bits per heavy atom. The summed E-state index contributed by atoms with van der Waals surface area (Å²) in [6.45, 7) is 6.05. The van der Waals surface area contributed by atoms with Gasteiger partial charge in [0.25, 0.3) is 0 Å². The molecule has 1 saturated heterocycles. The van der Waals surface area contributed by atoms with Crippen LogP contribution in [0.2, 0.25) is 0 Å². The summed E-state index contributed by atoms with van der Waals surface area (Å²) in [6.07, 6.45) is 3.96. The molecule has 1 unspecified atom stereocenters. The van der Waals surface area contributed by atoms with E-state index in [4.69, 9.17) is 5.73 Å². The zero-order chi connectivity index (χ0) is 9.73. The molecule has 1 heterocycles. The Hall–Kier alpha value is -0.540. The van der Waals surface area contributed by atoms with Gasteiger partial charge in [0.1, 0.15) is 5.66 Å². The van der Waals surface area contributed by atoms with Crippen LogP contribution in [0.5, 0.6) is 0 Å². The van der Waals surface area contributed by atoms with E-state index >= 15 is 0 Å². The molecule has 1 rings (SSSR count). The monoisotopic (exact) mass is 197 g/mol. The predicted octanol–water partition coefficient (Wildman–Crippen LogP) is 1.03. The van der Waals surface area contributed by atoms with E-state index in [1.165, 1.54) is 0 Å². The van der Waals surface area contributed by atoms with E-state index in [-0.39, 0.29) is 5.66 Å². The number of likely N-dealkylation sites (tertiary alicyclic amines) is 1. The molecule has 0 amide bonds. The molecule has 1 atom stereocenters. The van der Waals surface area contributed by atoms with Gasteiger partial charge in [-0.2, -0.15) is 0 Å². The van der Waals surface area contributed by atoms with Crippen molar-refractivity contribution in [2.24, 2.45) is 10.7 Å². The first kappa shape index (κ1) is 10.5. The Bertz CT molecular complexity index is 235. The Labute approximate surface area is 84.3 Å². The van der Waals surface area contributed by atoms with Gasteiger partial charge in [-0.3, -0.25) is 4.90 Å². The average molecular weight is 197 g/mol. The average Bonchev–Trinajstić information content (AvgIpc) is 2.51. The highest BCUT2D eigenvalue weighted by Gasteiger charge is 2.38. The zero-order valence-electron chi connectivity index (χ0n) is 7.70. The van der Waals surface area contributed by atoms with Crippen molar-refractivity contribution in [3.8, 4) is 0 Å². The lowest BCUT2D eigenvalue weighted by Crippen LogP contribution is -2.48. The van der Waals surface area contributed by atoms with Crippen LogP contribution in [0.15, 0.2) is 17.6 Å². The van der Waals surface area contributed by atoms with Crippen molar-refractivity contribution in [1.29, 1.82) is 0 Å². The van der Waals surface area contributed by atoms with Crippen LogP contribution >= 0.6 is 12.2 Å². The molecule has 3 nitrogen and oxygen atoms in total. The summed E-state index contributed by atoms with van der Waals surface area (Å²) in [5.41, 5.74) is 5.42. The summed E-state index contributed by atoms with van der Waals surface area (Å²) in [5.74, 6) is 0. The van der Waals surface area contributed by atoms with Crippen LogP contribution in [0, 0.1) is 0 Å². The lowest BCUT2D eigenvalue weighted by atomic mass is 10.1. The Kier molecular flexibility index (Phi) is 3.75. The molecule has 72 valence electrons. The summed E-state index contributed by atoms with van der Waals surface area (Å²) < 4.78 is 0. The van der Waals surface area contributed by atoms with Crippen molar-refractivity contribution in [2.45, 2.75) is 18.5 Å². The molecule has 13 heavy (non-hydrogen) atoms. The quantitative estimate of drug-likeness (QED) is 0.416. The fraction of sp³-hybridized carbons (Fsp3) is 0.667. The van der Waals surface area contributed by atoms with Crippen LogP contribution in [0.3, 0.4) is 0 Å². The fourth-order valence-electron chi connectivity index (χ4n) is 1.82. The smallest absolute Gasteiger partial charge is 0.136 e. The summed E-state index contributed by atoms with van der Waals surface area (Å²) in [5, 5.41) is 2.44. The van der Waals surface area contributed by atoms with E-state index in [2.05, 4.69) is 33.9 Å². The number of nitrogens with zero attached hydrogens (tertiary/aromatic N) is 2. The number of hydrogen-bond acceptors (Lipinski definition) is 4. The number of aliphatic imine (C=N–C) groups is 1. The third-order valence-electron chi connectivity index (χ3n) is 2.52. The van der Waals surface area contributed by atoms with Crippen LogP contribution in [0.25, 0.3) is 0 Å². The molecule has 0 radical (unpaired) electrons. The molecule has 1 aliphatic heterocycles. The Morgan fingerprint density at radius 1 is 1.77 bits per heavy atom. The van der Waals surface area contributed by atoms with Crippen molar-refractivity contribution in [2.75, 3.05) is 19.6 Å². The van der Waals surface area contributed by atoms with Gasteiger partial charge in [0.05, 0.1) is 5.16 Å². The molecule has 2 N–H and O–H groups in total. The lowest BCUT2D eigenvalue weighted by molar-refractivity contribution is 0.172. The number of hydrogen-bond donors (Lipinski definition) is 1. The van der Waals surface area contributed by atoms with Crippen LogP contribution in [0.1, 0.15) is 12.8 Å². The molecule has 0 aromatic rings. The topological polar surface area (TPSA) is 41.6 Å². The molecule has 1 fully saturated rings. The first-order valence-electron chi connectivity index (χ1n) is 4.44. The highest BCUT2D eigenvalue weighted by molar-refractivity contribution is 7.78. The molecule has 0 aromatic heterocycles. The summed E-state index contributed by atoms with van der Waals surface area (Å²) in [4.78, 5) is 6.40. The highest BCUT2D eigenvalue weighted by atomic mass is 32.1. The van der Waals surface area contributed by atoms with Crippen LogP contribution in [0.4, 0.5) is 0 Å². The van der Waals surface area contributed by atoms with Gasteiger partial charge >= 0.3 is 0 Å². The number of isothiocyanates is 1. The largest absolute Gasteiger partial charge is 0.327 e. The van der Waals surface area contributed by atoms with E-state index in [0.717, 1.165) is 25.9 Å². The summed E-state index contributed by atoms with van der Waals surface area (Å²) >= 11 is 4.64. The van der Waals surface area contributed by atoms with Crippen molar-refractivity contribution in [1.82, 2.24) is 4.90 Å². The minimum Gasteiger partial charge on any atom is -0.327 e. The third kappa shape index (κ3) is 2.03. The van der Waals surface area contributed by atoms with E-state index in [1.807, 2.05) is 6.08 Å². The molecule has 0 spiro atoms. The molecule has 0 aliphatic carbocycles. The second-order valence-corrected chi connectivity index (χ2v) is 3.41. The summed E-state index contributed by atoms with van der Waals surface area (Å²) in [7, 11) is 0. The van der Waals surface area contributed by atoms with Gasteiger partial charge in [-0.15, -0.1) is 6.58 Å². The van der Waals surface area contributed by atoms with Gasteiger partial charge in [-0.25, -0.2) is 4.99 Å². The first-order valence-corrected chi connectivity index (χ1v) is 4.85. The fourth-order valence-corrected chi connectivity index (χ4v) is 1.99. The minimum atomic E-state index is -0.296. The van der Waals surface area contributed by atoms with Crippen molar-refractivity contribution >= 4 is 17.4 Å². The van der Waals surface area contributed by atoms with E-state index in [9.17, 15) is 0 Å².